The van der Waals surface area contributed by atoms with Crippen molar-refractivity contribution in [3.05, 3.63) is 66.1 Å². The van der Waals surface area contributed by atoms with Gasteiger partial charge in [0.25, 0.3) is 5.91 Å². The van der Waals surface area contributed by atoms with E-state index < -0.39 is 5.60 Å². The number of amides is 1. The van der Waals surface area contributed by atoms with E-state index in [1.807, 2.05) is 62.3 Å². The van der Waals surface area contributed by atoms with Gasteiger partial charge in [0.15, 0.2) is 0 Å². The number of hydrogen-bond acceptors (Lipinski definition) is 6. The third-order valence-corrected chi connectivity index (χ3v) is 7.82. The molecular formula is C29H32N6O2. The maximum Gasteiger partial charge on any atom is 0.254 e. The van der Waals surface area contributed by atoms with E-state index in [4.69, 9.17) is 0 Å². The second-order valence-corrected chi connectivity index (χ2v) is 10.7. The van der Waals surface area contributed by atoms with Gasteiger partial charge in [-0.3, -0.25) is 4.79 Å². The van der Waals surface area contributed by atoms with Gasteiger partial charge in [0.2, 0.25) is 0 Å². The summed E-state index contributed by atoms with van der Waals surface area (Å²) in [4.78, 5) is 24.3. The first kappa shape index (κ1) is 23.5. The maximum atomic E-state index is 12.9. The molecule has 37 heavy (non-hydrogen) atoms. The number of aryl methyl sites for hydroxylation is 1. The van der Waals surface area contributed by atoms with Crippen LogP contribution in [0.25, 0.3) is 22.2 Å². The standard InChI is InChI=1S/C29H32N6O2/c1-29(2,37)18-5-4-13-35(17-18)19-6-9-25(31-15-19)33-24-8-7-20(23-16-32-28(36)26(23)24)21-10-12-30-27-22(21)11-14-34(27)3/h6-12,14-15,18,37H,4-5,13,16-17H2,1-3H3,(H,31,33)(H,32,36). The molecule has 1 unspecified atom stereocenters. The highest BCUT2D eigenvalue weighted by molar-refractivity contribution is 6.07. The zero-order chi connectivity index (χ0) is 25.7. The number of carbonyl (C=O) groups excluding carboxylic acids is 1. The Labute approximate surface area is 216 Å². The number of fused-ring (bicyclic) bond motifs is 2. The summed E-state index contributed by atoms with van der Waals surface area (Å²) in [5.74, 6) is 0.834. The number of nitrogens with zero attached hydrogens (tertiary/aromatic N) is 4. The number of aromatic nitrogens is 3. The van der Waals surface area contributed by atoms with E-state index >= 15 is 0 Å². The first-order valence-electron chi connectivity index (χ1n) is 12.8. The van der Waals surface area contributed by atoms with Gasteiger partial charge < -0.3 is 25.2 Å². The van der Waals surface area contributed by atoms with Gasteiger partial charge in [-0.2, -0.15) is 0 Å². The fourth-order valence-corrected chi connectivity index (χ4v) is 5.68. The van der Waals surface area contributed by atoms with Gasteiger partial charge in [-0.25, -0.2) is 9.97 Å². The predicted molar refractivity (Wildman–Crippen MR) is 146 cm³/mol. The lowest BCUT2D eigenvalue weighted by Gasteiger charge is -2.39. The minimum atomic E-state index is -0.691. The minimum absolute atomic E-state index is 0.0830. The molecule has 8 heteroatoms. The van der Waals surface area contributed by atoms with Gasteiger partial charge in [-0.05, 0) is 73.7 Å². The summed E-state index contributed by atoms with van der Waals surface area (Å²) in [6.45, 7) is 6.04. The van der Waals surface area contributed by atoms with Crippen molar-refractivity contribution in [3.8, 4) is 11.1 Å². The Kier molecular flexibility index (Phi) is 5.64. The molecule has 1 amide bonds. The number of rotatable bonds is 5. The Hall–Kier alpha value is -3.91. The van der Waals surface area contributed by atoms with Crippen molar-refractivity contribution in [2.24, 2.45) is 13.0 Å². The van der Waals surface area contributed by atoms with Gasteiger partial charge in [0.1, 0.15) is 11.5 Å². The van der Waals surface area contributed by atoms with Crippen LogP contribution in [0.15, 0.2) is 55.0 Å². The first-order chi connectivity index (χ1) is 17.8. The van der Waals surface area contributed by atoms with E-state index in [0.717, 1.165) is 65.0 Å². The molecule has 3 N–H and O–H groups in total. The van der Waals surface area contributed by atoms with E-state index in [-0.39, 0.29) is 11.8 Å². The van der Waals surface area contributed by atoms with E-state index in [0.29, 0.717) is 17.9 Å². The summed E-state index contributed by atoms with van der Waals surface area (Å²) in [5, 5.41) is 17.9. The van der Waals surface area contributed by atoms with Crippen LogP contribution in [0, 0.1) is 5.92 Å². The third kappa shape index (κ3) is 4.21. The summed E-state index contributed by atoms with van der Waals surface area (Å²) in [7, 11) is 1.98. The second-order valence-electron chi connectivity index (χ2n) is 10.7. The van der Waals surface area contributed by atoms with Crippen LogP contribution in [-0.4, -0.2) is 44.2 Å². The Morgan fingerprint density at radius 1 is 1.11 bits per heavy atom. The number of hydrogen-bond donors (Lipinski definition) is 3. The number of carbonyl (C=O) groups is 1. The number of nitrogens with one attached hydrogen (secondary N) is 2. The monoisotopic (exact) mass is 496 g/mol. The summed E-state index contributed by atoms with van der Waals surface area (Å²) >= 11 is 0. The van der Waals surface area contributed by atoms with Crippen molar-refractivity contribution in [2.45, 2.75) is 38.8 Å². The van der Waals surface area contributed by atoms with E-state index in [1.165, 1.54) is 0 Å². The number of benzene rings is 1. The fourth-order valence-electron chi connectivity index (χ4n) is 5.68. The summed E-state index contributed by atoms with van der Waals surface area (Å²) in [6, 6.07) is 12.1. The van der Waals surface area contributed by atoms with Gasteiger partial charge in [0, 0.05) is 50.4 Å². The molecule has 190 valence electrons. The molecule has 1 aromatic carbocycles. The van der Waals surface area contributed by atoms with Gasteiger partial charge >= 0.3 is 0 Å². The zero-order valence-electron chi connectivity index (χ0n) is 21.5. The lowest BCUT2D eigenvalue weighted by Crippen LogP contribution is -2.44. The molecule has 0 spiro atoms. The van der Waals surface area contributed by atoms with Gasteiger partial charge in [0.05, 0.1) is 28.7 Å². The average Bonchev–Trinajstić information content (AvgIpc) is 3.47. The highest BCUT2D eigenvalue weighted by atomic mass is 16.3. The van der Waals surface area contributed by atoms with Crippen molar-refractivity contribution < 1.29 is 9.90 Å². The normalized spacial score (nSPS) is 17.7. The minimum Gasteiger partial charge on any atom is -0.390 e. The largest absolute Gasteiger partial charge is 0.390 e. The molecule has 2 aliphatic heterocycles. The molecular weight excluding hydrogens is 464 g/mol. The maximum absolute atomic E-state index is 12.9. The van der Waals surface area contributed by atoms with Crippen molar-refractivity contribution in [1.82, 2.24) is 19.9 Å². The van der Waals surface area contributed by atoms with Gasteiger partial charge in [-0.15, -0.1) is 0 Å². The van der Waals surface area contributed by atoms with Crippen LogP contribution in [0.4, 0.5) is 17.2 Å². The van der Waals surface area contributed by atoms with Crippen LogP contribution < -0.4 is 15.5 Å². The van der Waals surface area contributed by atoms with Crippen molar-refractivity contribution in [2.75, 3.05) is 23.3 Å². The van der Waals surface area contributed by atoms with Crippen molar-refractivity contribution >= 4 is 34.1 Å². The molecule has 8 nitrogen and oxygen atoms in total. The zero-order valence-corrected chi connectivity index (χ0v) is 21.5. The molecule has 6 rings (SSSR count). The molecule has 0 aliphatic carbocycles. The Bertz CT molecular complexity index is 1490. The molecule has 1 atom stereocenters. The number of anilines is 3. The quantitative estimate of drug-likeness (QED) is 0.374. The fraction of sp³-hybridized carbons (Fsp3) is 0.345. The van der Waals surface area contributed by atoms with Crippen LogP contribution in [0.5, 0.6) is 0 Å². The molecule has 1 saturated heterocycles. The molecule has 2 aliphatic rings. The third-order valence-electron chi connectivity index (χ3n) is 7.82. The Morgan fingerprint density at radius 2 is 1.97 bits per heavy atom. The van der Waals surface area contributed by atoms with Crippen LogP contribution in [0.1, 0.15) is 42.6 Å². The SMILES string of the molecule is Cn1ccc2c(-c3ccc(Nc4ccc(N5CCCC(C(C)(C)O)C5)cn4)c4c3CNC4=O)ccnc21. The number of aliphatic hydroxyl groups is 1. The second kappa shape index (κ2) is 8.88. The van der Waals surface area contributed by atoms with E-state index in [2.05, 4.69) is 43.7 Å². The predicted octanol–water partition coefficient (Wildman–Crippen LogP) is 4.61. The smallest absolute Gasteiger partial charge is 0.254 e. The molecule has 4 aromatic rings. The summed E-state index contributed by atoms with van der Waals surface area (Å²) in [6.07, 6.45) is 7.77. The highest BCUT2D eigenvalue weighted by Crippen LogP contribution is 2.38. The molecule has 0 saturated carbocycles. The lowest BCUT2D eigenvalue weighted by atomic mass is 9.84. The van der Waals surface area contributed by atoms with Crippen molar-refractivity contribution in [3.63, 3.8) is 0 Å². The molecule has 5 heterocycles. The Morgan fingerprint density at radius 3 is 2.76 bits per heavy atom. The molecule has 0 radical (unpaired) electrons. The summed E-state index contributed by atoms with van der Waals surface area (Å²) < 4.78 is 2.00. The van der Waals surface area contributed by atoms with Crippen LogP contribution in [-0.2, 0) is 13.6 Å². The topological polar surface area (TPSA) is 95.3 Å². The Balaban J connectivity index is 1.28. The van der Waals surface area contributed by atoms with Crippen LogP contribution >= 0.6 is 0 Å². The number of pyridine rings is 2. The highest BCUT2D eigenvalue weighted by Gasteiger charge is 2.31. The molecule has 0 bridgehead atoms. The average molecular weight is 497 g/mol. The molecule has 3 aromatic heterocycles. The van der Waals surface area contributed by atoms with Crippen molar-refractivity contribution in [1.29, 1.82) is 0 Å². The molecule has 1 fully saturated rings. The van der Waals surface area contributed by atoms with E-state index in [1.54, 1.807) is 0 Å². The number of piperidine rings is 1. The summed E-state index contributed by atoms with van der Waals surface area (Å²) in [5.41, 5.74) is 5.75. The van der Waals surface area contributed by atoms with Crippen LogP contribution in [0.2, 0.25) is 0 Å². The lowest BCUT2D eigenvalue weighted by molar-refractivity contribution is 0.0110. The first-order valence-corrected chi connectivity index (χ1v) is 12.8. The van der Waals surface area contributed by atoms with Crippen LogP contribution in [0.3, 0.4) is 0 Å². The van der Waals surface area contributed by atoms with Gasteiger partial charge in [-0.1, -0.05) is 6.07 Å². The van der Waals surface area contributed by atoms with E-state index in [9.17, 15) is 9.90 Å².